The Hall–Kier alpha value is -4.08. The molecule has 1 fully saturated rings. The van der Waals surface area contributed by atoms with Crippen LogP contribution in [0.25, 0.3) is 22.3 Å². The lowest BCUT2D eigenvalue weighted by Crippen LogP contribution is -2.60. The maximum absolute atomic E-state index is 13.3. The molecule has 6 atom stereocenters. The van der Waals surface area contributed by atoms with Crippen LogP contribution in [0, 0.1) is 5.92 Å². The van der Waals surface area contributed by atoms with Crippen molar-refractivity contribution in [2.75, 3.05) is 27.4 Å². The summed E-state index contributed by atoms with van der Waals surface area (Å²) < 4.78 is 32.7. The summed E-state index contributed by atoms with van der Waals surface area (Å²) in [6, 6.07) is 6.06. The largest absolute Gasteiger partial charge is 0.504 e. The molecule has 0 spiro atoms. The summed E-state index contributed by atoms with van der Waals surface area (Å²) >= 11 is 0. The van der Waals surface area contributed by atoms with E-state index in [1.807, 2.05) is 6.92 Å². The van der Waals surface area contributed by atoms with Crippen LogP contribution in [-0.4, -0.2) is 94.7 Å². The Morgan fingerprint density at radius 2 is 1.73 bits per heavy atom. The lowest BCUT2D eigenvalue weighted by atomic mass is 9.98. The van der Waals surface area contributed by atoms with Gasteiger partial charge in [-0.2, -0.15) is 0 Å². The van der Waals surface area contributed by atoms with Gasteiger partial charge in [-0.1, -0.05) is 6.92 Å². The number of aliphatic hydroxyl groups is 4. The minimum atomic E-state index is -1.77. The van der Waals surface area contributed by atoms with Crippen LogP contribution in [0.3, 0.4) is 0 Å². The zero-order valence-electron chi connectivity index (χ0n) is 24.6. The topological polar surface area (TPSA) is 215 Å². The van der Waals surface area contributed by atoms with Crippen molar-refractivity contribution < 1.29 is 63.5 Å². The van der Waals surface area contributed by atoms with Gasteiger partial charge in [-0.3, -0.25) is 9.59 Å². The molecule has 4 rings (SSSR count). The number of aliphatic hydroxyl groups excluding tert-OH is 4. The minimum absolute atomic E-state index is 0.0411. The van der Waals surface area contributed by atoms with E-state index in [1.54, 1.807) is 18.2 Å². The number of fused-ring (bicyclic) bond motifs is 1. The molecule has 6 unspecified atom stereocenters. The van der Waals surface area contributed by atoms with E-state index in [0.29, 0.717) is 24.2 Å². The van der Waals surface area contributed by atoms with Crippen molar-refractivity contribution in [1.82, 2.24) is 0 Å². The first-order valence-electron chi connectivity index (χ1n) is 13.8. The molecule has 3 aromatic rings. The van der Waals surface area contributed by atoms with Gasteiger partial charge < -0.3 is 58.7 Å². The number of aryl methyl sites for hydroxylation is 1. The van der Waals surface area contributed by atoms with Gasteiger partial charge in [-0.05, 0) is 42.5 Å². The van der Waals surface area contributed by atoms with Crippen molar-refractivity contribution in [3.05, 3.63) is 40.1 Å². The monoisotopic (exact) mass is 620 g/mol. The number of benzene rings is 2. The minimum Gasteiger partial charge on any atom is -0.504 e. The first kappa shape index (κ1) is 32.8. The highest BCUT2D eigenvalue weighted by Gasteiger charge is 2.45. The number of ether oxygens (including phenoxy) is 5. The molecule has 1 aromatic heterocycles. The molecule has 0 aliphatic carbocycles. The van der Waals surface area contributed by atoms with Crippen LogP contribution in [0.4, 0.5) is 0 Å². The molecule has 1 saturated heterocycles. The highest BCUT2D eigenvalue weighted by Crippen LogP contribution is 2.45. The SMILES string of the molecule is COc1ccc(-c2oc3cc(OC4OC(CO)C(O)C(O)C4O)c(OC)c(O)c3c(=O)c2O)cc1CCC(C)COC(C)=O. The van der Waals surface area contributed by atoms with Gasteiger partial charge in [0.25, 0.3) is 0 Å². The van der Waals surface area contributed by atoms with Gasteiger partial charge in [0.15, 0.2) is 17.3 Å². The summed E-state index contributed by atoms with van der Waals surface area (Å²) in [4.78, 5) is 24.4. The van der Waals surface area contributed by atoms with Gasteiger partial charge in [-0.25, -0.2) is 0 Å². The molecule has 0 amide bonds. The Kier molecular flexibility index (Phi) is 10.2. The molecule has 2 heterocycles. The maximum atomic E-state index is 13.3. The molecular formula is C30H36O14. The number of carbonyl (C=O) groups is 1. The van der Waals surface area contributed by atoms with Crippen molar-refractivity contribution in [1.29, 1.82) is 0 Å². The van der Waals surface area contributed by atoms with Crippen LogP contribution in [0.5, 0.6) is 28.7 Å². The summed E-state index contributed by atoms with van der Waals surface area (Å²) in [5, 5.41) is 61.5. The molecule has 14 nitrogen and oxygen atoms in total. The van der Waals surface area contributed by atoms with Crippen LogP contribution < -0.4 is 19.6 Å². The van der Waals surface area contributed by atoms with E-state index in [0.717, 1.165) is 5.56 Å². The molecular weight excluding hydrogens is 584 g/mol. The Labute approximate surface area is 251 Å². The number of hydrogen-bond acceptors (Lipinski definition) is 14. The maximum Gasteiger partial charge on any atom is 0.302 e. The third-order valence-electron chi connectivity index (χ3n) is 7.37. The van der Waals surface area contributed by atoms with Gasteiger partial charge in [0, 0.05) is 18.6 Å². The van der Waals surface area contributed by atoms with Crippen LogP contribution in [0.2, 0.25) is 0 Å². The Bertz CT molecular complexity index is 1550. The second-order valence-corrected chi connectivity index (χ2v) is 10.5. The van der Waals surface area contributed by atoms with Gasteiger partial charge in [0.05, 0.1) is 27.4 Å². The molecule has 6 N–H and O–H groups in total. The van der Waals surface area contributed by atoms with Crippen molar-refractivity contribution >= 4 is 16.9 Å². The molecule has 14 heteroatoms. The summed E-state index contributed by atoms with van der Waals surface area (Å²) in [6.45, 7) is 2.82. The zero-order valence-corrected chi connectivity index (χ0v) is 24.6. The third-order valence-corrected chi connectivity index (χ3v) is 7.37. The molecule has 1 aliphatic rings. The molecule has 2 aromatic carbocycles. The van der Waals surface area contributed by atoms with Gasteiger partial charge in [0.1, 0.15) is 41.1 Å². The summed E-state index contributed by atoms with van der Waals surface area (Å²) in [5.74, 6) is -2.17. The quantitative estimate of drug-likeness (QED) is 0.166. The van der Waals surface area contributed by atoms with Gasteiger partial charge in [0.2, 0.25) is 23.2 Å². The average molecular weight is 621 g/mol. The molecule has 0 saturated carbocycles. The van der Waals surface area contributed by atoms with Crippen molar-refractivity contribution in [2.45, 2.75) is 57.4 Å². The van der Waals surface area contributed by atoms with Gasteiger partial charge in [-0.15, -0.1) is 0 Å². The molecule has 1 aliphatic heterocycles. The third kappa shape index (κ3) is 6.54. The van der Waals surface area contributed by atoms with E-state index in [2.05, 4.69) is 0 Å². The van der Waals surface area contributed by atoms with E-state index in [4.69, 9.17) is 28.1 Å². The number of phenols is 1. The second kappa shape index (κ2) is 13.7. The number of hydrogen-bond donors (Lipinski definition) is 6. The highest BCUT2D eigenvalue weighted by molar-refractivity contribution is 5.91. The van der Waals surface area contributed by atoms with Crippen LogP contribution in [-0.2, 0) is 20.7 Å². The predicted molar refractivity (Wildman–Crippen MR) is 153 cm³/mol. The molecule has 240 valence electrons. The molecule has 0 bridgehead atoms. The Balaban J connectivity index is 1.74. The molecule has 44 heavy (non-hydrogen) atoms. The van der Waals surface area contributed by atoms with E-state index in [1.165, 1.54) is 27.2 Å². The van der Waals surface area contributed by atoms with Crippen LogP contribution in [0.1, 0.15) is 25.8 Å². The first-order valence-corrected chi connectivity index (χ1v) is 13.8. The first-order chi connectivity index (χ1) is 20.9. The van der Waals surface area contributed by atoms with E-state index in [-0.39, 0.29) is 41.3 Å². The fourth-order valence-corrected chi connectivity index (χ4v) is 4.91. The van der Waals surface area contributed by atoms with E-state index in [9.17, 15) is 40.2 Å². The standard InChI is InChI=1S/C30H36O14/c1-13(12-41-14(2)32)5-6-15-9-16(7-8-17(15)39-3)28-26(37)23(34)21-18(42-28)10-19(29(40-4)24(21)35)43-30-27(38)25(36)22(33)20(11-31)44-30/h7-10,13,20,22,25,27,30-31,33,35-38H,5-6,11-12H2,1-4H3. The highest BCUT2D eigenvalue weighted by atomic mass is 16.7. The number of rotatable bonds is 11. The Morgan fingerprint density at radius 1 is 1.00 bits per heavy atom. The van der Waals surface area contributed by atoms with E-state index >= 15 is 0 Å². The van der Waals surface area contributed by atoms with Crippen molar-refractivity contribution in [3.8, 4) is 40.1 Å². The predicted octanol–water partition coefficient (Wildman–Crippen LogP) is 1.20. The van der Waals surface area contributed by atoms with Crippen molar-refractivity contribution in [3.63, 3.8) is 0 Å². The molecule has 0 radical (unpaired) electrons. The normalized spacial score (nSPS) is 22.4. The lowest BCUT2D eigenvalue weighted by Gasteiger charge is -2.39. The number of aromatic hydroxyl groups is 2. The second-order valence-electron chi connectivity index (χ2n) is 10.5. The number of carbonyl (C=O) groups excluding carboxylic acids is 1. The van der Waals surface area contributed by atoms with E-state index < -0.39 is 59.6 Å². The zero-order chi connectivity index (χ0) is 32.3. The lowest BCUT2D eigenvalue weighted by molar-refractivity contribution is -0.277. The fraction of sp³-hybridized carbons (Fsp3) is 0.467. The summed E-state index contributed by atoms with van der Waals surface area (Å²) in [7, 11) is 2.67. The van der Waals surface area contributed by atoms with Crippen LogP contribution in [0.15, 0.2) is 33.5 Å². The number of phenolic OH excluding ortho intramolecular Hbond substituents is 1. The number of methoxy groups -OCH3 is 2. The average Bonchev–Trinajstić information content (AvgIpc) is 3.00. The number of esters is 1. The summed E-state index contributed by atoms with van der Waals surface area (Å²) in [6.07, 6.45) is -6.90. The van der Waals surface area contributed by atoms with Gasteiger partial charge >= 0.3 is 5.97 Å². The fourth-order valence-electron chi connectivity index (χ4n) is 4.91. The summed E-state index contributed by atoms with van der Waals surface area (Å²) in [5.41, 5.74) is -0.153. The van der Waals surface area contributed by atoms with Crippen molar-refractivity contribution in [2.24, 2.45) is 5.92 Å². The smallest absolute Gasteiger partial charge is 0.302 e. The van der Waals surface area contributed by atoms with Crippen LogP contribution >= 0.6 is 0 Å². The Morgan fingerprint density at radius 3 is 2.36 bits per heavy atom.